The van der Waals surface area contributed by atoms with E-state index < -0.39 is 0 Å². The molecule has 0 atom stereocenters. The first-order valence-electron chi connectivity index (χ1n) is 10.7. The summed E-state index contributed by atoms with van der Waals surface area (Å²) in [7, 11) is 0. The molecule has 2 aromatic carbocycles. The first-order valence-corrected chi connectivity index (χ1v) is 11.7. The van der Waals surface area contributed by atoms with Crippen molar-refractivity contribution in [3.05, 3.63) is 64.7 Å². The Kier molecular flexibility index (Phi) is 7.51. The Morgan fingerprint density at radius 1 is 1.06 bits per heavy atom. The maximum Gasteiger partial charge on any atom is 0.230 e. The fraction of sp³-hybridized carbons (Fsp3) is 0.391. The molecule has 0 bridgehead atoms. The van der Waals surface area contributed by atoms with E-state index in [-0.39, 0.29) is 11.7 Å². The number of carbonyl (C=O) groups excluding carboxylic acids is 1. The zero-order chi connectivity index (χ0) is 22.3. The van der Waals surface area contributed by atoms with Crippen LogP contribution < -0.4 is 5.32 Å². The number of nitrogens with one attached hydrogen (secondary N) is 1. The highest BCUT2D eigenvalue weighted by molar-refractivity contribution is 7.99. The van der Waals surface area contributed by atoms with Crippen LogP contribution in [-0.2, 0) is 22.6 Å². The van der Waals surface area contributed by atoms with E-state index in [4.69, 9.17) is 4.74 Å². The number of aryl methyl sites for hydroxylation is 2. The standard InChI is InChI=1S/C23H28N6O2S/c1-17-4-3-5-18(2)22(17)29-23(25-26-27-29)32-16-21(30)24-14-19-6-8-20(9-7-19)15-28-10-12-31-13-11-28/h3-9H,10-16H2,1-2H3,(H,24,30). The highest BCUT2D eigenvalue weighted by Crippen LogP contribution is 2.23. The number of carbonyl (C=O) groups is 1. The smallest absolute Gasteiger partial charge is 0.230 e. The minimum Gasteiger partial charge on any atom is -0.379 e. The van der Waals surface area contributed by atoms with Gasteiger partial charge in [-0.3, -0.25) is 9.69 Å². The average Bonchev–Trinajstić information content (AvgIpc) is 3.26. The van der Waals surface area contributed by atoms with E-state index in [1.165, 1.54) is 17.3 Å². The van der Waals surface area contributed by atoms with Crippen molar-refractivity contribution < 1.29 is 9.53 Å². The summed E-state index contributed by atoms with van der Waals surface area (Å²) < 4.78 is 7.10. The van der Waals surface area contributed by atoms with Crippen LogP contribution in [0, 0.1) is 13.8 Å². The van der Waals surface area contributed by atoms with Crippen molar-refractivity contribution in [2.75, 3.05) is 32.1 Å². The molecule has 0 radical (unpaired) electrons. The quantitative estimate of drug-likeness (QED) is 0.526. The summed E-state index contributed by atoms with van der Waals surface area (Å²) in [6.45, 7) is 9.04. The van der Waals surface area contributed by atoms with E-state index in [9.17, 15) is 4.79 Å². The molecule has 0 unspecified atom stereocenters. The van der Waals surface area contributed by atoms with Gasteiger partial charge in [-0.15, -0.1) is 5.10 Å². The number of hydrogen-bond acceptors (Lipinski definition) is 7. The van der Waals surface area contributed by atoms with Crippen LogP contribution in [0.5, 0.6) is 0 Å². The number of hydrogen-bond donors (Lipinski definition) is 1. The van der Waals surface area contributed by atoms with E-state index >= 15 is 0 Å². The van der Waals surface area contributed by atoms with Gasteiger partial charge in [0.25, 0.3) is 0 Å². The number of tetrazole rings is 1. The van der Waals surface area contributed by atoms with Crippen LogP contribution in [0.1, 0.15) is 22.3 Å². The van der Waals surface area contributed by atoms with Gasteiger partial charge in [0.05, 0.1) is 24.7 Å². The highest BCUT2D eigenvalue weighted by atomic mass is 32.2. The Hall–Kier alpha value is -2.75. The topological polar surface area (TPSA) is 85.2 Å². The molecule has 9 heteroatoms. The maximum absolute atomic E-state index is 12.4. The van der Waals surface area contributed by atoms with Crippen molar-refractivity contribution in [3.8, 4) is 5.69 Å². The van der Waals surface area contributed by atoms with Gasteiger partial charge in [0.1, 0.15) is 0 Å². The zero-order valence-corrected chi connectivity index (χ0v) is 19.3. The van der Waals surface area contributed by atoms with Gasteiger partial charge in [-0.1, -0.05) is 54.2 Å². The summed E-state index contributed by atoms with van der Waals surface area (Å²) >= 11 is 1.33. The third-order valence-corrected chi connectivity index (χ3v) is 6.37. The number of para-hydroxylation sites is 1. The van der Waals surface area contributed by atoms with Crippen molar-refractivity contribution >= 4 is 17.7 Å². The van der Waals surface area contributed by atoms with E-state index in [0.29, 0.717) is 11.7 Å². The molecule has 3 aromatic rings. The van der Waals surface area contributed by atoms with Gasteiger partial charge in [0.15, 0.2) is 0 Å². The predicted octanol–water partition coefficient (Wildman–Crippen LogP) is 2.52. The zero-order valence-electron chi connectivity index (χ0n) is 18.5. The first-order chi connectivity index (χ1) is 15.6. The van der Waals surface area contributed by atoms with Crippen LogP contribution in [0.15, 0.2) is 47.6 Å². The molecule has 1 aromatic heterocycles. The van der Waals surface area contributed by atoms with E-state index in [1.807, 2.05) is 32.0 Å². The van der Waals surface area contributed by atoms with Crippen molar-refractivity contribution in [3.63, 3.8) is 0 Å². The van der Waals surface area contributed by atoms with Crippen molar-refractivity contribution in [2.45, 2.75) is 32.1 Å². The number of morpholine rings is 1. The lowest BCUT2D eigenvalue weighted by atomic mass is 10.1. The van der Waals surface area contributed by atoms with Gasteiger partial charge in [-0.2, -0.15) is 4.68 Å². The Morgan fingerprint density at radius 3 is 2.47 bits per heavy atom. The molecule has 0 aliphatic carbocycles. The molecule has 2 heterocycles. The van der Waals surface area contributed by atoms with Crippen molar-refractivity contribution in [1.82, 2.24) is 30.4 Å². The Balaban J connectivity index is 1.27. The second-order valence-electron chi connectivity index (χ2n) is 7.88. The summed E-state index contributed by atoms with van der Waals surface area (Å²) in [6, 6.07) is 14.5. The molecular weight excluding hydrogens is 424 g/mol. The summed E-state index contributed by atoms with van der Waals surface area (Å²) in [4.78, 5) is 14.8. The molecular formula is C23H28N6O2S. The molecule has 0 saturated carbocycles. The molecule has 1 saturated heterocycles. The lowest BCUT2D eigenvalue weighted by Gasteiger charge is -2.26. The lowest BCUT2D eigenvalue weighted by Crippen LogP contribution is -2.35. The highest BCUT2D eigenvalue weighted by Gasteiger charge is 2.15. The third-order valence-electron chi connectivity index (χ3n) is 5.45. The number of thioether (sulfide) groups is 1. The van der Waals surface area contributed by atoms with E-state index in [0.717, 1.165) is 55.2 Å². The number of ether oxygens (including phenoxy) is 1. The lowest BCUT2D eigenvalue weighted by molar-refractivity contribution is -0.118. The second-order valence-corrected chi connectivity index (χ2v) is 8.83. The molecule has 1 N–H and O–H groups in total. The average molecular weight is 453 g/mol. The van der Waals surface area contributed by atoms with Crippen molar-refractivity contribution in [1.29, 1.82) is 0 Å². The van der Waals surface area contributed by atoms with Crippen molar-refractivity contribution in [2.24, 2.45) is 0 Å². The van der Waals surface area contributed by atoms with Crippen LogP contribution in [0.3, 0.4) is 0 Å². The third kappa shape index (κ3) is 5.73. The first kappa shape index (κ1) is 22.4. The molecule has 1 fully saturated rings. The molecule has 1 aliphatic rings. The van der Waals surface area contributed by atoms with Gasteiger partial charge < -0.3 is 10.1 Å². The fourth-order valence-electron chi connectivity index (χ4n) is 3.71. The van der Waals surface area contributed by atoms with Crippen LogP contribution in [0.2, 0.25) is 0 Å². The number of amides is 1. The fourth-order valence-corrected chi connectivity index (χ4v) is 4.42. The summed E-state index contributed by atoms with van der Waals surface area (Å²) in [5.41, 5.74) is 5.48. The molecule has 1 aliphatic heterocycles. The summed E-state index contributed by atoms with van der Waals surface area (Å²) in [5.74, 6) is 0.198. The molecule has 4 rings (SSSR count). The van der Waals surface area contributed by atoms with E-state index in [2.05, 4.69) is 50.0 Å². The van der Waals surface area contributed by atoms with Gasteiger partial charge in [0.2, 0.25) is 11.1 Å². The SMILES string of the molecule is Cc1cccc(C)c1-n1nnnc1SCC(=O)NCc1ccc(CN2CCOCC2)cc1. The number of aromatic nitrogens is 4. The monoisotopic (exact) mass is 452 g/mol. The van der Waals surface area contributed by atoms with Crippen LogP contribution in [0.4, 0.5) is 0 Å². The van der Waals surface area contributed by atoms with Crippen LogP contribution in [0.25, 0.3) is 5.69 Å². The van der Waals surface area contributed by atoms with Gasteiger partial charge >= 0.3 is 0 Å². The Morgan fingerprint density at radius 2 is 1.75 bits per heavy atom. The molecule has 1 amide bonds. The number of nitrogens with zero attached hydrogens (tertiary/aromatic N) is 5. The van der Waals surface area contributed by atoms with Gasteiger partial charge in [-0.25, -0.2) is 0 Å². The van der Waals surface area contributed by atoms with Crippen LogP contribution >= 0.6 is 11.8 Å². The second kappa shape index (κ2) is 10.7. The minimum absolute atomic E-state index is 0.0524. The predicted molar refractivity (Wildman–Crippen MR) is 124 cm³/mol. The summed E-state index contributed by atoms with van der Waals surface area (Å²) in [5, 5.41) is 15.6. The van der Waals surface area contributed by atoms with E-state index in [1.54, 1.807) is 4.68 Å². The molecule has 0 spiro atoms. The largest absolute Gasteiger partial charge is 0.379 e. The molecule has 8 nitrogen and oxygen atoms in total. The Bertz CT molecular complexity index is 1030. The maximum atomic E-state index is 12.4. The number of benzene rings is 2. The number of rotatable bonds is 8. The Labute approximate surface area is 192 Å². The molecule has 168 valence electrons. The van der Waals surface area contributed by atoms with Gasteiger partial charge in [-0.05, 0) is 46.5 Å². The normalized spacial score (nSPS) is 14.4. The van der Waals surface area contributed by atoms with Gasteiger partial charge in [0, 0.05) is 26.2 Å². The summed E-state index contributed by atoms with van der Waals surface area (Å²) in [6.07, 6.45) is 0. The van der Waals surface area contributed by atoms with Crippen LogP contribution in [-0.4, -0.2) is 63.1 Å². The molecule has 32 heavy (non-hydrogen) atoms. The minimum atomic E-state index is -0.0524.